The maximum absolute atomic E-state index is 13.1. The third kappa shape index (κ3) is 3.39. The average Bonchev–Trinajstić information content (AvgIpc) is 3.57. The van der Waals surface area contributed by atoms with E-state index in [0.717, 1.165) is 0 Å². The molecule has 41 heavy (non-hydrogen) atoms. The van der Waals surface area contributed by atoms with E-state index in [1.807, 2.05) is 20.8 Å². The Kier molecular flexibility index (Phi) is 6.06. The van der Waals surface area contributed by atoms with Gasteiger partial charge in [-0.25, -0.2) is 9.59 Å². The molecule has 2 heterocycles. The maximum atomic E-state index is 13.1. The Morgan fingerprint density at radius 2 is 1.95 bits per heavy atom. The van der Waals surface area contributed by atoms with E-state index < -0.39 is 75.3 Å². The Morgan fingerprint density at radius 3 is 2.59 bits per heavy atom. The van der Waals surface area contributed by atoms with Crippen molar-refractivity contribution in [2.45, 2.75) is 90.1 Å². The van der Waals surface area contributed by atoms with Gasteiger partial charge in [0.05, 0.1) is 30.8 Å². The zero-order valence-electron chi connectivity index (χ0n) is 24.6. The summed E-state index contributed by atoms with van der Waals surface area (Å²) in [6.07, 6.45) is 6.36. The molecule has 1 aromatic heterocycles. The van der Waals surface area contributed by atoms with Gasteiger partial charge in [-0.1, -0.05) is 26.8 Å². The minimum absolute atomic E-state index is 0.0117. The van der Waals surface area contributed by atoms with Crippen LogP contribution in [-0.4, -0.2) is 52.5 Å². The highest BCUT2D eigenvalue weighted by Gasteiger charge is 2.84. The number of hydrogen-bond donors (Lipinski definition) is 2. The minimum atomic E-state index is -1.51. The fraction of sp³-hybridized carbons (Fsp3) is 0.656. The van der Waals surface area contributed by atoms with Gasteiger partial charge in [0, 0.05) is 51.7 Å². The fourth-order valence-electron chi connectivity index (χ4n) is 10.2. The van der Waals surface area contributed by atoms with Gasteiger partial charge < -0.3 is 28.8 Å². The van der Waals surface area contributed by atoms with Gasteiger partial charge in [-0.3, -0.25) is 4.79 Å². The quantitative estimate of drug-likeness (QED) is 0.305. The first-order chi connectivity index (χ1) is 19.2. The molecule has 222 valence electrons. The molecule has 0 radical (unpaired) electrons. The third-order valence-electron chi connectivity index (χ3n) is 12.1. The first-order valence-electron chi connectivity index (χ1n) is 14.5. The molecule has 0 saturated heterocycles. The van der Waals surface area contributed by atoms with E-state index >= 15 is 0 Å². The van der Waals surface area contributed by atoms with Crippen molar-refractivity contribution >= 4 is 17.9 Å². The molecular weight excluding hydrogens is 528 g/mol. The SMILES string of the molecule is C/C=C(\C)C(=O)O[C@@H]1[C@@H]2C[C@]3(O)C4=CC(=O)O[C@@H](c5ccoc5)[C@]4(C)CC[C@@H]3C3(C)[C@@H](CC(=O)OC)[C@@]1(C)C[C@]23O. The number of aliphatic hydroxyl groups is 2. The van der Waals surface area contributed by atoms with Crippen LogP contribution in [0.2, 0.25) is 0 Å². The molecule has 1 unspecified atom stereocenters. The van der Waals surface area contributed by atoms with Crippen LogP contribution in [0.1, 0.15) is 78.4 Å². The largest absolute Gasteiger partial charge is 0.472 e. The van der Waals surface area contributed by atoms with Gasteiger partial charge in [-0.15, -0.1) is 0 Å². The Morgan fingerprint density at radius 1 is 1.22 bits per heavy atom. The first kappa shape index (κ1) is 28.2. The van der Waals surface area contributed by atoms with Gasteiger partial charge in [-0.05, 0) is 57.1 Å². The molecule has 4 aliphatic carbocycles. The first-order valence-corrected chi connectivity index (χ1v) is 14.5. The summed E-state index contributed by atoms with van der Waals surface area (Å²) in [7, 11) is 1.34. The third-order valence-corrected chi connectivity index (χ3v) is 12.1. The van der Waals surface area contributed by atoms with E-state index in [1.165, 1.54) is 19.4 Å². The topological polar surface area (TPSA) is 132 Å². The van der Waals surface area contributed by atoms with Gasteiger partial charge >= 0.3 is 17.9 Å². The summed E-state index contributed by atoms with van der Waals surface area (Å²) in [6, 6.07) is 1.77. The Labute approximate surface area is 239 Å². The molecule has 4 saturated carbocycles. The number of esters is 3. The number of furan rings is 1. The van der Waals surface area contributed by atoms with Crippen LogP contribution in [0.15, 0.2) is 46.3 Å². The van der Waals surface area contributed by atoms with E-state index in [0.29, 0.717) is 36.0 Å². The highest BCUT2D eigenvalue weighted by atomic mass is 16.6. The van der Waals surface area contributed by atoms with Crippen molar-refractivity contribution in [3.05, 3.63) is 47.5 Å². The lowest BCUT2D eigenvalue weighted by molar-refractivity contribution is -0.277. The summed E-state index contributed by atoms with van der Waals surface area (Å²) in [5.41, 5.74) is -3.49. The molecule has 5 aliphatic rings. The number of hydrogen-bond acceptors (Lipinski definition) is 9. The molecule has 10 atom stereocenters. The number of methoxy groups -OCH3 is 1. The summed E-state index contributed by atoms with van der Waals surface area (Å²) in [6.45, 7) is 9.39. The number of ether oxygens (including phenoxy) is 3. The van der Waals surface area contributed by atoms with Gasteiger partial charge in [0.15, 0.2) is 0 Å². The van der Waals surface area contributed by atoms with Crippen LogP contribution < -0.4 is 0 Å². The summed E-state index contributed by atoms with van der Waals surface area (Å²) in [5.74, 6) is -2.99. The Hall–Kier alpha value is -2.91. The van der Waals surface area contributed by atoms with E-state index in [2.05, 4.69) is 0 Å². The van der Waals surface area contributed by atoms with Crippen LogP contribution in [0.5, 0.6) is 0 Å². The second kappa shape index (κ2) is 8.80. The second-order valence-corrected chi connectivity index (χ2v) is 13.7. The smallest absolute Gasteiger partial charge is 0.333 e. The van der Waals surface area contributed by atoms with Crippen LogP contribution in [0.25, 0.3) is 0 Å². The number of allylic oxidation sites excluding steroid dienone is 1. The number of carbonyl (C=O) groups is 3. The average molecular weight is 569 g/mol. The lowest BCUT2D eigenvalue weighted by Crippen LogP contribution is -2.73. The molecule has 0 amide bonds. The molecular formula is C32H40O9. The molecule has 1 aliphatic heterocycles. The van der Waals surface area contributed by atoms with E-state index in [4.69, 9.17) is 18.6 Å². The maximum Gasteiger partial charge on any atom is 0.333 e. The number of carbonyl (C=O) groups excluding carboxylic acids is 3. The highest BCUT2D eigenvalue weighted by molar-refractivity contribution is 5.88. The number of fused-ring (bicyclic) bond motifs is 5. The lowest BCUT2D eigenvalue weighted by atomic mass is 9.39. The molecule has 2 N–H and O–H groups in total. The fourth-order valence-corrected chi connectivity index (χ4v) is 10.2. The predicted octanol–water partition coefficient (Wildman–Crippen LogP) is 4.19. The van der Waals surface area contributed by atoms with Gasteiger partial charge in [0.1, 0.15) is 12.2 Å². The zero-order chi connectivity index (χ0) is 29.8. The second-order valence-electron chi connectivity index (χ2n) is 13.7. The van der Waals surface area contributed by atoms with Crippen LogP contribution in [-0.2, 0) is 28.6 Å². The number of cyclic esters (lactones) is 1. The molecule has 4 fully saturated rings. The summed E-state index contributed by atoms with van der Waals surface area (Å²) >= 11 is 0. The van der Waals surface area contributed by atoms with Crippen molar-refractivity contribution in [1.82, 2.24) is 0 Å². The zero-order valence-corrected chi connectivity index (χ0v) is 24.6. The van der Waals surface area contributed by atoms with Crippen molar-refractivity contribution in [3.63, 3.8) is 0 Å². The van der Waals surface area contributed by atoms with E-state index in [9.17, 15) is 24.6 Å². The minimum Gasteiger partial charge on any atom is -0.472 e. The van der Waals surface area contributed by atoms with Crippen LogP contribution >= 0.6 is 0 Å². The predicted molar refractivity (Wildman–Crippen MR) is 145 cm³/mol. The van der Waals surface area contributed by atoms with Crippen molar-refractivity contribution < 1.29 is 43.2 Å². The van der Waals surface area contributed by atoms with Crippen molar-refractivity contribution in [3.8, 4) is 0 Å². The van der Waals surface area contributed by atoms with Crippen LogP contribution in [0.4, 0.5) is 0 Å². The Bertz CT molecular complexity index is 1360. The van der Waals surface area contributed by atoms with Crippen molar-refractivity contribution in [2.24, 2.45) is 34.0 Å². The van der Waals surface area contributed by atoms with Crippen molar-refractivity contribution in [1.29, 1.82) is 0 Å². The molecule has 9 nitrogen and oxygen atoms in total. The Balaban J connectivity index is 1.51. The van der Waals surface area contributed by atoms with Crippen molar-refractivity contribution in [2.75, 3.05) is 7.11 Å². The summed E-state index contributed by atoms with van der Waals surface area (Å²) in [4.78, 5) is 39.0. The molecule has 2 bridgehead atoms. The van der Waals surface area contributed by atoms with Gasteiger partial charge in [0.25, 0.3) is 0 Å². The lowest BCUT2D eigenvalue weighted by Gasteiger charge is -2.68. The highest BCUT2D eigenvalue weighted by Crippen LogP contribution is 2.81. The molecule has 1 aromatic rings. The summed E-state index contributed by atoms with van der Waals surface area (Å²) < 4.78 is 22.4. The van der Waals surface area contributed by atoms with Gasteiger partial charge in [-0.2, -0.15) is 0 Å². The molecule has 6 rings (SSSR count). The van der Waals surface area contributed by atoms with Gasteiger partial charge in [0.2, 0.25) is 0 Å². The monoisotopic (exact) mass is 568 g/mol. The normalized spacial score (nSPS) is 46.2. The van der Waals surface area contributed by atoms with Crippen LogP contribution in [0, 0.1) is 34.0 Å². The van der Waals surface area contributed by atoms with Crippen LogP contribution in [0.3, 0.4) is 0 Å². The summed E-state index contributed by atoms with van der Waals surface area (Å²) in [5, 5.41) is 25.6. The van der Waals surface area contributed by atoms with E-state index in [1.54, 1.807) is 32.3 Å². The molecule has 0 spiro atoms. The molecule has 9 heteroatoms. The standard InChI is InChI=1S/C32H40O9/c1-7-17(2)27(35)41-26-19-14-31(36)20(30(5)21(12-23(33)38-6)29(26,4)16-32(19,30)37)8-10-28(3)22(31)13-24(34)40-25(28)18-9-11-39-15-18/h7,9,11,13,15,19-21,25-26,36-37H,8,10,12,14,16H2,1-6H3/b17-7+/t19-,20+,21-,25-,26+,28+,29+,30?,31+,32-/m0/s1. The van der Waals surface area contributed by atoms with E-state index in [-0.39, 0.29) is 12.8 Å². The molecule has 0 aromatic carbocycles. The number of rotatable bonds is 5.